The highest BCUT2D eigenvalue weighted by atomic mass is 19.1. The van der Waals surface area contributed by atoms with E-state index in [4.69, 9.17) is 4.74 Å². The summed E-state index contributed by atoms with van der Waals surface area (Å²) in [6.07, 6.45) is 8.11. The monoisotopic (exact) mass is 443 g/mol. The number of fused-ring (bicyclic) bond motifs is 1. The van der Waals surface area contributed by atoms with Gasteiger partial charge in [0.05, 0.1) is 0 Å². The lowest BCUT2D eigenvalue weighted by Crippen LogP contribution is -2.63. The fourth-order valence-electron chi connectivity index (χ4n) is 8.30. The van der Waals surface area contributed by atoms with Crippen LogP contribution in [0.4, 0.5) is 4.39 Å². The number of rotatable bonds is 6. The Morgan fingerprint density at radius 1 is 0.879 bits per heavy atom. The summed E-state index contributed by atoms with van der Waals surface area (Å²) in [6.45, 7) is 6.32. The summed E-state index contributed by atoms with van der Waals surface area (Å²) in [5.74, 6) is 1.57. The van der Waals surface area contributed by atoms with Crippen molar-refractivity contribution in [2.24, 2.45) is 16.7 Å². The van der Waals surface area contributed by atoms with Crippen LogP contribution < -0.4 is 10.1 Å². The highest BCUT2D eigenvalue weighted by Gasteiger charge is 2.59. The number of hydrogen-bond acceptors (Lipinski definition) is 2. The quantitative estimate of drug-likeness (QED) is 0.429. The van der Waals surface area contributed by atoms with Crippen LogP contribution >= 0.6 is 0 Å². The van der Waals surface area contributed by atoms with E-state index in [1.807, 2.05) is 0 Å². The van der Waals surface area contributed by atoms with Crippen LogP contribution in [0.5, 0.6) is 5.75 Å². The summed E-state index contributed by atoms with van der Waals surface area (Å²) in [5.41, 5.74) is 3.43. The fourth-order valence-corrected chi connectivity index (χ4v) is 8.30. The molecular weight excluding hydrogens is 409 g/mol. The van der Waals surface area contributed by atoms with Crippen molar-refractivity contribution >= 4 is 10.8 Å². The maximum Gasteiger partial charge on any atom is 0.124 e. The van der Waals surface area contributed by atoms with Gasteiger partial charge < -0.3 is 10.1 Å². The number of benzene rings is 3. The van der Waals surface area contributed by atoms with Crippen molar-refractivity contribution in [1.29, 1.82) is 0 Å². The van der Waals surface area contributed by atoms with E-state index in [0.717, 1.165) is 23.8 Å². The number of nitrogens with one attached hydrogen (secondary N) is 1. The highest BCUT2D eigenvalue weighted by molar-refractivity contribution is 5.87. The molecule has 0 amide bonds. The molecule has 3 aromatic rings. The topological polar surface area (TPSA) is 21.3 Å². The van der Waals surface area contributed by atoms with Crippen molar-refractivity contribution in [1.82, 2.24) is 5.32 Å². The Kier molecular flexibility index (Phi) is 4.85. The molecule has 33 heavy (non-hydrogen) atoms. The van der Waals surface area contributed by atoms with Gasteiger partial charge in [-0.25, -0.2) is 4.39 Å². The van der Waals surface area contributed by atoms with Crippen molar-refractivity contribution in [2.75, 3.05) is 0 Å². The summed E-state index contributed by atoms with van der Waals surface area (Å²) in [6, 6.07) is 19.4. The summed E-state index contributed by atoms with van der Waals surface area (Å²) in [7, 11) is 0. The Hall–Kier alpha value is -2.39. The van der Waals surface area contributed by atoms with E-state index in [-0.39, 0.29) is 11.4 Å². The van der Waals surface area contributed by atoms with Gasteiger partial charge in [-0.1, -0.05) is 56.3 Å². The number of hydrogen-bond donors (Lipinski definition) is 1. The first-order valence-corrected chi connectivity index (χ1v) is 12.5. The van der Waals surface area contributed by atoms with Crippen molar-refractivity contribution in [3.8, 4) is 5.75 Å². The predicted octanol–water partition coefficient (Wildman–Crippen LogP) is 7.40. The minimum Gasteiger partial charge on any atom is -0.489 e. The zero-order valence-electron chi connectivity index (χ0n) is 19.8. The molecule has 0 spiro atoms. The van der Waals surface area contributed by atoms with Crippen LogP contribution in [0.2, 0.25) is 0 Å². The Bertz CT molecular complexity index is 1170. The molecule has 0 aromatic heterocycles. The minimum absolute atomic E-state index is 0.215. The Morgan fingerprint density at radius 3 is 2.33 bits per heavy atom. The predicted molar refractivity (Wildman–Crippen MR) is 132 cm³/mol. The van der Waals surface area contributed by atoms with Crippen molar-refractivity contribution in [3.63, 3.8) is 0 Å². The molecule has 4 saturated carbocycles. The average Bonchev–Trinajstić information content (AvgIpc) is 2.75. The second-order valence-electron chi connectivity index (χ2n) is 11.9. The van der Waals surface area contributed by atoms with Crippen LogP contribution in [0.3, 0.4) is 0 Å². The van der Waals surface area contributed by atoms with Gasteiger partial charge >= 0.3 is 0 Å². The van der Waals surface area contributed by atoms with E-state index in [1.165, 1.54) is 67.0 Å². The first kappa shape index (κ1) is 21.2. The smallest absolute Gasteiger partial charge is 0.124 e. The lowest BCUT2D eigenvalue weighted by Gasteiger charge is -2.65. The van der Waals surface area contributed by atoms with Crippen molar-refractivity contribution in [2.45, 2.75) is 71.1 Å². The van der Waals surface area contributed by atoms with Crippen LogP contribution in [0.1, 0.15) is 63.5 Å². The van der Waals surface area contributed by atoms with Crippen LogP contribution in [0.25, 0.3) is 10.8 Å². The average molecular weight is 444 g/mol. The third-order valence-electron chi connectivity index (χ3n) is 8.57. The summed E-state index contributed by atoms with van der Waals surface area (Å²) >= 11 is 0. The molecule has 1 N–H and O–H groups in total. The van der Waals surface area contributed by atoms with Gasteiger partial charge in [0.2, 0.25) is 0 Å². The van der Waals surface area contributed by atoms with Crippen molar-refractivity contribution in [3.05, 3.63) is 77.6 Å². The third-order valence-corrected chi connectivity index (χ3v) is 8.57. The summed E-state index contributed by atoms with van der Waals surface area (Å²) < 4.78 is 19.6. The molecule has 2 atom stereocenters. The van der Waals surface area contributed by atoms with Crippen LogP contribution in [-0.4, -0.2) is 5.54 Å². The van der Waals surface area contributed by atoms with Gasteiger partial charge in [-0.05, 0) is 89.8 Å². The molecule has 0 aliphatic heterocycles. The molecule has 0 radical (unpaired) electrons. The zero-order valence-corrected chi connectivity index (χ0v) is 19.8. The van der Waals surface area contributed by atoms with Crippen molar-refractivity contribution < 1.29 is 9.13 Å². The number of ether oxygens (including phenoxy) is 1. The van der Waals surface area contributed by atoms with Gasteiger partial charge in [-0.2, -0.15) is 0 Å². The normalized spacial score (nSPS) is 32.4. The third kappa shape index (κ3) is 3.95. The zero-order chi connectivity index (χ0) is 22.7. The first-order chi connectivity index (χ1) is 15.8. The fraction of sp³-hybridized carbons (Fsp3) is 0.467. The molecule has 3 aromatic carbocycles. The van der Waals surface area contributed by atoms with E-state index in [1.54, 1.807) is 12.1 Å². The van der Waals surface area contributed by atoms with E-state index >= 15 is 0 Å². The molecule has 4 bridgehead atoms. The lowest BCUT2D eigenvalue weighted by molar-refractivity contribution is -0.118. The molecule has 0 saturated heterocycles. The first-order valence-electron chi connectivity index (χ1n) is 12.5. The molecule has 4 fully saturated rings. The largest absolute Gasteiger partial charge is 0.489 e. The molecule has 4 aliphatic carbocycles. The van der Waals surface area contributed by atoms with Gasteiger partial charge in [-0.3, -0.25) is 0 Å². The van der Waals surface area contributed by atoms with Gasteiger partial charge in [0.1, 0.15) is 18.2 Å². The summed E-state index contributed by atoms with van der Waals surface area (Å²) in [5, 5.41) is 6.60. The maximum atomic E-state index is 13.3. The number of halogens is 1. The summed E-state index contributed by atoms with van der Waals surface area (Å²) in [4.78, 5) is 0. The van der Waals surface area contributed by atoms with Gasteiger partial charge in [0, 0.05) is 17.6 Å². The van der Waals surface area contributed by atoms with Gasteiger partial charge in [0.25, 0.3) is 0 Å². The lowest BCUT2D eigenvalue weighted by atomic mass is 9.43. The second kappa shape index (κ2) is 7.56. The van der Waals surface area contributed by atoms with E-state index in [2.05, 4.69) is 55.6 Å². The minimum atomic E-state index is -0.215. The molecule has 7 rings (SSSR count). The van der Waals surface area contributed by atoms with E-state index in [9.17, 15) is 4.39 Å². The Balaban J connectivity index is 1.29. The SMILES string of the molecule is CC12CC3CC(C)(C1)CC(NCc1c(OCc4ccc(F)cc4)ccc4ccccc14)(C3)C2. The maximum absolute atomic E-state index is 13.3. The molecule has 0 heterocycles. The molecule has 3 heteroatoms. The Labute approximate surface area is 196 Å². The Morgan fingerprint density at radius 2 is 1.61 bits per heavy atom. The standard InChI is InChI=1S/C30H34FNO/c1-28-13-22-14-29(2,18-28)20-30(15-22,19-28)32-16-26-25-6-4-3-5-23(25)9-12-27(26)33-17-21-7-10-24(31)11-8-21/h3-12,22,32H,13-20H2,1-2H3. The van der Waals surface area contributed by atoms with E-state index < -0.39 is 0 Å². The molecule has 172 valence electrons. The molecule has 2 nitrogen and oxygen atoms in total. The molecule has 2 unspecified atom stereocenters. The van der Waals surface area contributed by atoms with E-state index in [0.29, 0.717) is 17.4 Å². The van der Waals surface area contributed by atoms with Crippen LogP contribution in [-0.2, 0) is 13.2 Å². The highest BCUT2D eigenvalue weighted by Crippen LogP contribution is 2.66. The van der Waals surface area contributed by atoms with Crippen LogP contribution in [0.15, 0.2) is 60.7 Å². The molecular formula is C30H34FNO. The van der Waals surface area contributed by atoms with Gasteiger partial charge in [0.15, 0.2) is 0 Å². The van der Waals surface area contributed by atoms with Crippen LogP contribution in [0, 0.1) is 22.6 Å². The van der Waals surface area contributed by atoms with Gasteiger partial charge in [-0.15, -0.1) is 0 Å². The second-order valence-corrected chi connectivity index (χ2v) is 11.9. The molecule has 4 aliphatic rings.